The van der Waals surface area contributed by atoms with Crippen LogP contribution in [-0.2, 0) is 15.3 Å². The molecule has 1 aromatic rings. The average molecular weight is 297 g/mol. The molecule has 0 aliphatic carbocycles. The van der Waals surface area contributed by atoms with E-state index in [0.717, 1.165) is 6.66 Å². The third-order valence-electron chi connectivity index (χ3n) is 2.31. The van der Waals surface area contributed by atoms with Crippen LogP contribution < -0.4 is 5.30 Å². The smallest absolute Gasteiger partial charge is 0.326 e. The molecule has 106 valence electrons. The number of nitrogens with zero attached hydrogens (tertiary/aromatic N) is 1. The van der Waals surface area contributed by atoms with Crippen molar-refractivity contribution in [3.63, 3.8) is 0 Å². The number of hydrogen-bond acceptors (Lipinski definition) is 4. The highest BCUT2D eigenvalue weighted by molar-refractivity contribution is 7.66. The molecule has 0 aliphatic heterocycles. The molecule has 0 spiro atoms. The fourth-order valence-electron chi connectivity index (χ4n) is 1.50. The molecule has 1 aromatic carbocycles. The minimum Gasteiger partial charge on any atom is -0.326 e. The van der Waals surface area contributed by atoms with Gasteiger partial charge in [0.1, 0.15) is 5.30 Å². The summed E-state index contributed by atoms with van der Waals surface area (Å²) in [6.07, 6.45) is -4.67. The van der Waals surface area contributed by atoms with E-state index in [-0.39, 0.29) is 6.61 Å². The standard InChI is InChI=1S/C10H11F3NO4P/c1-3-18-19(2,17)9-6-7(10(11,12)13)4-5-8(9)14(15)16/h4-6H,3H2,1-2H3. The second-order valence-electron chi connectivity index (χ2n) is 3.72. The average Bonchev–Trinajstić information content (AvgIpc) is 2.26. The molecule has 0 aliphatic rings. The number of nitro groups is 1. The summed E-state index contributed by atoms with van der Waals surface area (Å²) in [5.41, 5.74) is -1.75. The lowest BCUT2D eigenvalue weighted by atomic mass is 10.2. The van der Waals surface area contributed by atoms with Gasteiger partial charge in [-0.25, -0.2) is 0 Å². The fraction of sp³-hybridized carbons (Fsp3) is 0.400. The predicted molar refractivity (Wildman–Crippen MR) is 62.9 cm³/mol. The molecule has 0 radical (unpaired) electrons. The topological polar surface area (TPSA) is 69.4 Å². The van der Waals surface area contributed by atoms with Gasteiger partial charge in [0.05, 0.1) is 17.1 Å². The lowest BCUT2D eigenvalue weighted by Crippen LogP contribution is -2.16. The Kier molecular flexibility index (Phi) is 4.37. The summed E-state index contributed by atoms with van der Waals surface area (Å²) in [6, 6.07) is 1.77. The molecule has 0 fully saturated rings. The maximum absolute atomic E-state index is 12.6. The van der Waals surface area contributed by atoms with Crippen molar-refractivity contribution in [3.8, 4) is 0 Å². The first-order chi connectivity index (χ1) is 8.59. The van der Waals surface area contributed by atoms with Gasteiger partial charge in [-0.2, -0.15) is 13.2 Å². The van der Waals surface area contributed by atoms with E-state index in [4.69, 9.17) is 4.52 Å². The Labute approximate surface area is 107 Å². The van der Waals surface area contributed by atoms with Crippen molar-refractivity contribution in [1.29, 1.82) is 0 Å². The van der Waals surface area contributed by atoms with Crippen LogP contribution in [0.25, 0.3) is 0 Å². The molecule has 0 amide bonds. The van der Waals surface area contributed by atoms with E-state index in [0.29, 0.717) is 18.2 Å². The molecule has 0 saturated heterocycles. The maximum atomic E-state index is 12.6. The normalized spacial score (nSPS) is 15.0. The summed E-state index contributed by atoms with van der Waals surface area (Å²) in [7, 11) is -3.67. The van der Waals surface area contributed by atoms with Crippen LogP contribution in [-0.4, -0.2) is 18.2 Å². The maximum Gasteiger partial charge on any atom is 0.416 e. The molecule has 5 nitrogen and oxygen atoms in total. The van der Waals surface area contributed by atoms with Gasteiger partial charge in [0.2, 0.25) is 7.37 Å². The molecule has 19 heavy (non-hydrogen) atoms. The van der Waals surface area contributed by atoms with Crippen molar-refractivity contribution < 1.29 is 27.2 Å². The first-order valence-electron chi connectivity index (χ1n) is 5.18. The fourth-order valence-corrected chi connectivity index (χ4v) is 3.07. The largest absolute Gasteiger partial charge is 0.416 e. The summed E-state index contributed by atoms with van der Waals surface area (Å²) in [4.78, 5) is 9.90. The number of rotatable bonds is 4. The van der Waals surface area contributed by atoms with Crippen molar-refractivity contribution in [1.82, 2.24) is 0 Å². The van der Waals surface area contributed by atoms with E-state index >= 15 is 0 Å². The van der Waals surface area contributed by atoms with Crippen molar-refractivity contribution >= 4 is 18.4 Å². The van der Waals surface area contributed by atoms with Crippen molar-refractivity contribution in [3.05, 3.63) is 33.9 Å². The summed E-state index contributed by atoms with van der Waals surface area (Å²) < 4.78 is 54.7. The lowest BCUT2D eigenvalue weighted by molar-refractivity contribution is -0.383. The van der Waals surface area contributed by atoms with Gasteiger partial charge in [0.25, 0.3) is 5.69 Å². The Morgan fingerprint density at radius 2 is 2.00 bits per heavy atom. The van der Waals surface area contributed by atoms with Crippen LogP contribution in [0.5, 0.6) is 0 Å². The van der Waals surface area contributed by atoms with E-state index in [9.17, 15) is 27.9 Å². The van der Waals surface area contributed by atoms with Crippen LogP contribution in [0, 0.1) is 10.1 Å². The number of nitro benzene ring substituents is 1. The van der Waals surface area contributed by atoms with E-state index in [1.165, 1.54) is 6.92 Å². The second kappa shape index (κ2) is 5.30. The zero-order chi connectivity index (χ0) is 14.8. The molecule has 1 unspecified atom stereocenters. The zero-order valence-corrected chi connectivity index (χ0v) is 11.0. The summed E-state index contributed by atoms with van der Waals surface area (Å²) in [6.45, 7) is 2.52. The minimum atomic E-state index is -4.67. The Morgan fingerprint density at radius 3 is 2.42 bits per heavy atom. The summed E-state index contributed by atoms with van der Waals surface area (Å²) in [5, 5.41) is 10.2. The molecule has 0 N–H and O–H groups in total. The third-order valence-corrected chi connectivity index (χ3v) is 4.30. The van der Waals surface area contributed by atoms with Gasteiger partial charge >= 0.3 is 6.18 Å². The first-order valence-corrected chi connectivity index (χ1v) is 7.25. The van der Waals surface area contributed by atoms with Crippen LogP contribution in [0.4, 0.5) is 18.9 Å². The SMILES string of the molecule is CCOP(C)(=O)c1cc(C(F)(F)F)ccc1[N+](=O)[O-]. The quantitative estimate of drug-likeness (QED) is 0.486. The molecule has 0 heterocycles. The van der Waals surface area contributed by atoms with Crippen LogP contribution in [0.2, 0.25) is 0 Å². The van der Waals surface area contributed by atoms with Gasteiger partial charge in [-0.05, 0) is 19.1 Å². The van der Waals surface area contributed by atoms with Crippen LogP contribution >= 0.6 is 7.37 Å². The van der Waals surface area contributed by atoms with E-state index in [2.05, 4.69) is 0 Å². The Balaban J connectivity index is 3.48. The van der Waals surface area contributed by atoms with E-state index in [1.54, 1.807) is 0 Å². The van der Waals surface area contributed by atoms with Crippen molar-refractivity contribution in [2.45, 2.75) is 13.1 Å². The zero-order valence-electron chi connectivity index (χ0n) is 10.1. The molecule has 0 aromatic heterocycles. The van der Waals surface area contributed by atoms with Gasteiger partial charge in [0, 0.05) is 12.7 Å². The van der Waals surface area contributed by atoms with Crippen molar-refractivity contribution in [2.24, 2.45) is 0 Å². The van der Waals surface area contributed by atoms with Gasteiger partial charge in [-0.15, -0.1) is 0 Å². The van der Waals surface area contributed by atoms with Gasteiger partial charge in [0.15, 0.2) is 0 Å². The predicted octanol–water partition coefficient (Wildman–Crippen LogP) is 3.18. The Hall–Kier alpha value is -1.40. The van der Waals surface area contributed by atoms with E-state index in [1.807, 2.05) is 0 Å². The highest BCUT2D eigenvalue weighted by atomic mass is 31.2. The van der Waals surface area contributed by atoms with Crippen molar-refractivity contribution in [2.75, 3.05) is 13.3 Å². The van der Waals surface area contributed by atoms with Crippen LogP contribution in [0.1, 0.15) is 12.5 Å². The number of halogens is 3. The molecule has 0 saturated carbocycles. The van der Waals surface area contributed by atoms with Gasteiger partial charge < -0.3 is 4.52 Å². The molecule has 0 bridgehead atoms. The minimum absolute atomic E-state index is 0.0266. The van der Waals surface area contributed by atoms with Gasteiger partial charge in [-0.1, -0.05) is 0 Å². The molecule has 1 atom stereocenters. The number of alkyl halides is 3. The Morgan fingerprint density at radius 1 is 1.42 bits per heavy atom. The molecular weight excluding hydrogens is 286 g/mol. The highest BCUT2D eigenvalue weighted by Crippen LogP contribution is 2.45. The molecule has 1 rings (SSSR count). The second-order valence-corrected chi connectivity index (χ2v) is 6.15. The summed E-state index contributed by atoms with van der Waals surface area (Å²) >= 11 is 0. The van der Waals surface area contributed by atoms with E-state index < -0.39 is 35.0 Å². The molecule has 9 heteroatoms. The van der Waals surface area contributed by atoms with Crippen LogP contribution in [0.15, 0.2) is 18.2 Å². The monoisotopic (exact) mass is 297 g/mol. The highest BCUT2D eigenvalue weighted by Gasteiger charge is 2.36. The first kappa shape index (κ1) is 15.7. The third kappa shape index (κ3) is 3.54. The summed E-state index contributed by atoms with van der Waals surface area (Å²) in [5.74, 6) is 0. The number of hydrogen-bond donors (Lipinski definition) is 0. The van der Waals surface area contributed by atoms with Crippen LogP contribution in [0.3, 0.4) is 0 Å². The molecular formula is C10H11F3NO4P. The number of benzene rings is 1. The van der Waals surface area contributed by atoms with Gasteiger partial charge in [-0.3, -0.25) is 14.7 Å². The Bertz CT molecular complexity index is 544. The lowest BCUT2D eigenvalue weighted by Gasteiger charge is -2.15.